The third kappa shape index (κ3) is 42.1. The van der Waals surface area contributed by atoms with Gasteiger partial charge in [0, 0.05) is 19.4 Å². The van der Waals surface area contributed by atoms with Crippen molar-refractivity contribution < 1.29 is 38.1 Å². The molecule has 0 saturated heterocycles. The maximum atomic E-state index is 12.5. The summed E-state index contributed by atoms with van der Waals surface area (Å²) >= 11 is 0. The molecule has 0 radical (unpaired) electrons. The fourth-order valence-corrected chi connectivity index (χ4v) is 5.74. The van der Waals surface area contributed by atoms with Crippen LogP contribution in [-0.2, 0) is 33.3 Å². The smallest absolute Gasteiger partial charge is 0.407 e. The minimum absolute atomic E-state index is 0.0144. The Bertz CT molecular complexity index is 1060. The zero-order valence-electron chi connectivity index (χ0n) is 37.0. The first kappa shape index (κ1) is 53.6. The van der Waals surface area contributed by atoms with E-state index in [0.29, 0.717) is 12.8 Å². The summed E-state index contributed by atoms with van der Waals surface area (Å²) in [5.74, 6) is -1.64. The van der Waals surface area contributed by atoms with Gasteiger partial charge in [-0.25, -0.2) is 4.79 Å². The van der Waals surface area contributed by atoms with Gasteiger partial charge in [0.25, 0.3) is 0 Å². The molecule has 1 amide bonds. The van der Waals surface area contributed by atoms with Crippen LogP contribution in [0.15, 0.2) is 48.6 Å². The van der Waals surface area contributed by atoms with Gasteiger partial charge in [0.1, 0.15) is 25.4 Å². The summed E-state index contributed by atoms with van der Waals surface area (Å²) in [5, 5.41) is 2.54. The molecule has 0 bridgehead atoms. The lowest BCUT2D eigenvalue weighted by atomic mass is 10.1. The van der Waals surface area contributed by atoms with Crippen LogP contribution < -0.4 is 5.32 Å². The molecule has 0 aliphatic rings. The van der Waals surface area contributed by atoms with Gasteiger partial charge in [-0.1, -0.05) is 127 Å². The van der Waals surface area contributed by atoms with Gasteiger partial charge in [-0.2, -0.15) is 0 Å². The van der Waals surface area contributed by atoms with Gasteiger partial charge in [-0.3, -0.25) is 14.4 Å². The fraction of sp³-hybridized carbons (Fsp3) is 0.750. The number of rotatable bonds is 37. The largest absolute Gasteiger partial charge is 0.465 e. The number of ether oxygens (including phenoxy) is 4. The highest BCUT2D eigenvalue weighted by Gasteiger charge is 2.19. The first-order valence-electron chi connectivity index (χ1n) is 22.6. The first-order chi connectivity index (χ1) is 27.6. The van der Waals surface area contributed by atoms with Crippen molar-refractivity contribution in [3.63, 3.8) is 0 Å². The molecule has 0 atom stereocenters. The summed E-state index contributed by atoms with van der Waals surface area (Å²) in [5.41, 5.74) is -0.642. The zero-order valence-corrected chi connectivity index (χ0v) is 37.0. The van der Waals surface area contributed by atoms with E-state index in [2.05, 4.69) is 67.8 Å². The minimum Gasteiger partial charge on any atom is -0.465 e. The standard InChI is InChI=1S/C48H83NO8/c1-6-8-10-12-14-16-18-20-22-24-26-28-30-32-34-36-44(50)54-40-43(42-56-46(52)38-39-49-47(53)57-48(3,4)5)41-55-45(51)37-35-33-31-29-27-25-23-21-19-17-15-13-11-9-7-2/h14-17,20-23,43H,6-13,18-19,24-42H2,1-5H3,(H,49,53)/b16-14-,17-15-,22-20-,23-21-. The van der Waals surface area contributed by atoms with Gasteiger partial charge in [-0.05, 0) is 97.8 Å². The molecule has 0 aromatic carbocycles. The molecule has 57 heavy (non-hydrogen) atoms. The third-order valence-corrected chi connectivity index (χ3v) is 9.10. The Hall–Kier alpha value is -3.36. The highest BCUT2D eigenvalue weighted by molar-refractivity contribution is 5.72. The van der Waals surface area contributed by atoms with E-state index in [1.165, 1.54) is 51.4 Å². The quantitative estimate of drug-likeness (QED) is 0.0286. The molecule has 0 spiro atoms. The number of hydrogen-bond donors (Lipinski definition) is 1. The van der Waals surface area contributed by atoms with E-state index in [1.807, 2.05) is 0 Å². The normalized spacial score (nSPS) is 12.0. The van der Waals surface area contributed by atoms with Gasteiger partial charge >= 0.3 is 24.0 Å². The maximum Gasteiger partial charge on any atom is 0.407 e. The van der Waals surface area contributed by atoms with Gasteiger partial charge in [0.05, 0.1) is 12.3 Å². The van der Waals surface area contributed by atoms with Crippen molar-refractivity contribution in [3.05, 3.63) is 48.6 Å². The van der Waals surface area contributed by atoms with Gasteiger partial charge in [0.2, 0.25) is 0 Å². The van der Waals surface area contributed by atoms with E-state index in [0.717, 1.165) is 89.9 Å². The van der Waals surface area contributed by atoms with Gasteiger partial charge < -0.3 is 24.3 Å². The molecule has 0 rings (SSSR count). The number of hydrogen-bond acceptors (Lipinski definition) is 8. The molecule has 9 heteroatoms. The minimum atomic E-state index is -0.642. The molecular weight excluding hydrogens is 719 g/mol. The number of amides is 1. The lowest BCUT2D eigenvalue weighted by Gasteiger charge is -2.19. The van der Waals surface area contributed by atoms with Crippen molar-refractivity contribution in [3.8, 4) is 0 Å². The maximum absolute atomic E-state index is 12.5. The number of allylic oxidation sites excluding steroid dienone is 8. The molecule has 0 fully saturated rings. The van der Waals surface area contributed by atoms with E-state index in [-0.39, 0.29) is 44.7 Å². The van der Waals surface area contributed by atoms with Crippen molar-refractivity contribution in [1.82, 2.24) is 5.32 Å². The third-order valence-electron chi connectivity index (χ3n) is 9.10. The lowest BCUT2D eigenvalue weighted by Crippen LogP contribution is -2.34. The van der Waals surface area contributed by atoms with Crippen LogP contribution in [0.3, 0.4) is 0 Å². The van der Waals surface area contributed by atoms with Crippen LogP contribution in [0.25, 0.3) is 0 Å². The highest BCUT2D eigenvalue weighted by atomic mass is 16.6. The Morgan fingerprint density at radius 1 is 0.474 bits per heavy atom. The number of alkyl carbamates (subject to hydrolysis) is 1. The van der Waals surface area contributed by atoms with Crippen LogP contribution in [0.5, 0.6) is 0 Å². The Morgan fingerprint density at radius 2 is 0.825 bits per heavy atom. The predicted molar refractivity (Wildman–Crippen MR) is 234 cm³/mol. The van der Waals surface area contributed by atoms with Crippen LogP contribution in [0, 0.1) is 5.92 Å². The van der Waals surface area contributed by atoms with Crippen LogP contribution >= 0.6 is 0 Å². The van der Waals surface area contributed by atoms with Crippen molar-refractivity contribution in [2.24, 2.45) is 5.92 Å². The van der Waals surface area contributed by atoms with Crippen molar-refractivity contribution >= 4 is 24.0 Å². The van der Waals surface area contributed by atoms with E-state index in [1.54, 1.807) is 20.8 Å². The van der Waals surface area contributed by atoms with E-state index >= 15 is 0 Å². The Balaban J connectivity index is 4.43. The Labute approximate surface area is 348 Å². The van der Waals surface area contributed by atoms with Crippen LogP contribution in [0.1, 0.15) is 195 Å². The molecular formula is C48H83NO8. The van der Waals surface area contributed by atoms with Crippen LogP contribution in [-0.4, -0.2) is 56.0 Å². The Kier molecular flexibility index (Phi) is 37.1. The zero-order chi connectivity index (χ0) is 42.1. The average Bonchev–Trinajstić information content (AvgIpc) is 3.16. The Morgan fingerprint density at radius 3 is 1.21 bits per heavy atom. The molecule has 0 saturated carbocycles. The number of esters is 3. The van der Waals surface area contributed by atoms with Crippen molar-refractivity contribution in [1.29, 1.82) is 0 Å². The highest BCUT2D eigenvalue weighted by Crippen LogP contribution is 2.12. The molecule has 9 nitrogen and oxygen atoms in total. The first-order valence-corrected chi connectivity index (χ1v) is 22.6. The molecule has 0 heterocycles. The predicted octanol–water partition coefficient (Wildman–Crippen LogP) is 12.8. The second-order valence-corrected chi connectivity index (χ2v) is 16.1. The monoisotopic (exact) mass is 802 g/mol. The lowest BCUT2D eigenvalue weighted by molar-refractivity contribution is -0.153. The van der Waals surface area contributed by atoms with Crippen LogP contribution in [0.4, 0.5) is 4.79 Å². The molecule has 328 valence electrons. The SMILES string of the molecule is CCCCC/C=C\C/C=C\CCCCCCCC(=O)OCC(COC(=O)CCCCCCC/C=C\C/C=C\CCCCC)COC(=O)CCNC(=O)OC(C)(C)C. The average molecular weight is 802 g/mol. The summed E-state index contributed by atoms with van der Waals surface area (Å²) < 4.78 is 21.6. The number of nitrogens with one attached hydrogen (secondary N) is 1. The molecule has 0 unspecified atom stereocenters. The molecule has 0 aromatic heterocycles. The summed E-state index contributed by atoms with van der Waals surface area (Å²) in [4.78, 5) is 49.3. The van der Waals surface area contributed by atoms with E-state index in [9.17, 15) is 19.2 Å². The molecule has 1 N–H and O–H groups in total. The second-order valence-electron chi connectivity index (χ2n) is 16.1. The summed E-state index contributed by atoms with van der Waals surface area (Å²) in [6.07, 6.45) is 42.4. The topological polar surface area (TPSA) is 117 Å². The summed E-state index contributed by atoms with van der Waals surface area (Å²) in [6, 6.07) is 0. The summed E-state index contributed by atoms with van der Waals surface area (Å²) in [6.45, 7) is 9.69. The summed E-state index contributed by atoms with van der Waals surface area (Å²) in [7, 11) is 0. The van der Waals surface area contributed by atoms with Crippen LogP contribution in [0.2, 0.25) is 0 Å². The number of carbonyl (C=O) groups is 4. The fourth-order valence-electron chi connectivity index (χ4n) is 5.74. The van der Waals surface area contributed by atoms with Gasteiger partial charge in [0.15, 0.2) is 0 Å². The van der Waals surface area contributed by atoms with Crippen molar-refractivity contribution in [2.75, 3.05) is 26.4 Å². The molecule has 0 aromatic rings. The number of carbonyl (C=O) groups excluding carboxylic acids is 4. The second kappa shape index (κ2) is 39.5. The molecule has 0 aliphatic carbocycles. The van der Waals surface area contributed by atoms with E-state index in [4.69, 9.17) is 18.9 Å². The van der Waals surface area contributed by atoms with Crippen molar-refractivity contribution in [2.45, 2.75) is 201 Å². The van der Waals surface area contributed by atoms with E-state index < -0.39 is 23.6 Å². The van der Waals surface area contributed by atoms with Gasteiger partial charge in [-0.15, -0.1) is 0 Å². The number of unbranched alkanes of at least 4 members (excludes halogenated alkanes) is 16. The molecule has 0 aliphatic heterocycles.